The summed E-state index contributed by atoms with van der Waals surface area (Å²) in [4.78, 5) is 12.7. The van der Waals surface area contributed by atoms with Crippen molar-refractivity contribution in [3.05, 3.63) is 58.6 Å². The van der Waals surface area contributed by atoms with Crippen LogP contribution in [0.4, 0.5) is 0 Å². The molecule has 1 saturated heterocycles. The number of rotatable bonds is 7. The monoisotopic (exact) mass is 403 g/mol. The van der Waals surface area contributed by atoms with E-state index in [0.717, 1.165) is 18.4 Å². The number of benzene rings is 2. The molecule has 3 rings (SSSR count). The molecule has 0 radical (unpaired) electrons. The van der Waals surface area contributed by atoms with Gasteiger partial charge in [-0.1, -0.05) is 29.8 Å². The zero-order valence-electron chi connectivity index (χ0n) is 16.3. The van der Waals surface area contributed by atoms with Crippen molar-refractivity contribution >= 4 is 17.5 Å². The summed E-state index contributed by atoms with van der Waals surface area (Å²) >= 11 is 6.05. The van der Waals surface area contributed by atoms with Crippen molar-refractivity contribution in [3.63, 3.8) is 0 Å². The van der Waals surface area contributed by atoms with E-state index < -0.39 is 0 Å². The van der Waals surface area contributed by atoms with E-state index in [2.05, 4.69) is 5.32 Å². The van der Waals surface area contributed by atoms with E-state index in [4.69, 9.17) is 25.8 Å². The van der Waals surface area contributed by atoms with Gasteiger partial charge in [-0.2, -0.15) is 0 Å². The average molecular weight is 404 g/mol. The van der Waals surface area contributed by atoms with Gasteiger partial charge >= 0.3 is 0 Å². The fraction of sp³-hybridized carbons (Fsp3) is 0.409. The van der Waals surface area contributed by atoms with Crippen LogP contribution >= 0.6 is 11.6 Å². The van der Waals surface area contributed by atoms with E-state index in [-0.39, 0.29) is 17.7 Å². The number of carbonyl (C=O) groups excluding carboxylic acids is 1. The first-order valence-corrected chi connectivity index (χ1v) is 9.75. The number of hydrogen-bond donors (Lipinski definition) is 1. The Morgan fingerprint density at radius 3 is 2.46 bits per heavy atom. The van der Waals surface area contributed by atoms with Crippen LogP contribution < -0.4 is 14.8 Å². The Morgan fingerprint density at radius 2 is 1.82 bits per heavy atom. The summed E-state index contributed by atoms with van der Waals surface area (Å²) in [5, 5.41) is 3.83. The molecule has 0 saturated carbocycles. The average Bonchev–Trinajstić information content (AvgIpc) is 2.73. The summed E-state index contributed by atoms with van der Waals surface area (Å²) in [6.45, 7) is 1.94. The van der Waals surface area contributed by atoms with Gasteiger partial charge in [0.1, 0.15) is 11.5 Å². The van der Waals surface area contributed by atoms with Gasteiger partial charge in [-0.3, -0.25) is 4.79 Å². The molecule has 1 fully saturated rings. The van der Waals surface area contributed by atoms with Crippen LogP contribution in [0, 0.1) is 0 Å². The number of nitrogens with one attached hydrogen (secondary N) is 1. The second-order valence-electron chi connectivity index (χ2n) is 7.03. The minimum absolute atomic E-state index is 0.0386. The Bertz CT molecular complexity index is 801. The predicted molar refractivity (Wildman–Crippen MR) is 109 cm³/mol. The number of halogens is 1. The van der Waals surface area contributed by atoms with Crippen molar-refractivity contribution < 1.29 is 19.0 Å². The molecule has 6 heteroatoms. The Labute approximate surface area is 170 Å². The van der Waals surface area contributed by atoms with Crippen LogP contribution in [0.2, 0.25) is 5.02 Å². The smallest absolute Gasteiger partial charge is 0.224 e. The summed E-state index contributed by atoms with van der Waals surface area (Å²) < 4.78 is 16.2. The van der Waals surface area contributed by atoms with E-state index >= 15 is 0 Å². The third kappa shape index (κ3) is 4.78. The van der Waals surface area contributed by atoms with E-state index in [9.17, 15) is 4.79 Å². The highest BCUT2D eigenvalue weighted by Gasteiger charge is 2.34. The van der Waals surface area contributed by atoms with Crippen molar-refractivity contribution in [2.24, 2.45) is 0 Å². The van der Waals surface area contributed by atoms with E-state index in [1.165, 1.54) is 5.56 Å². The van der Waals surface area contributed by atoms with Gasteiger partial charge in [-0.15, -0.1) is 0 Å². The zero-order valence-corrected chi connectivity index (χ0v) is 17.1. The van der Waals surface area contributed by atoms with Gasteiger partial charge < -0.3 is 19.5 Å². The number of methoxy groups -OCH3 is 2. The second kappa shape index (κ2) is 9.30. The lowest BCUT2D eigenvalue weighted by Gasteiger charge is -2.38. The highest BCUT2D eigenvalue weighted by atomic mass is 35.5. The van der Waals surface area contributed by atoms with E-state index in [0.29, 0.717) is 36.3 Å². The molecule has 28 heavy (non-hydrogen) atoms. The maximum Gasteiger partial charge on any atom is 0.224 e. The largest absolute Gasteiger partial charge is 0.497 e. The van der Waals surface area contributed by atoms with Crippen LogP contribution in [-0.4, -0.2) is 39.9 Å². The molecule has 2 aromatic carbocycles. The molecule has 1 amide bonds. The third-order valence-corrected chi connectivity index (χ3v) is 5.63. The lowest BCUT2D eigenvalue weighted by molar-refractivity contribution is -0.121. The Kier molecular flexibility index (Phi) is 6.81. The molecule has 0 atom stereocenters. The highest BCUT2D eigenvalue weighted by molar-refractivity contribution is 6.30. The van der Waals surface area contributed by atoms with Gasteiger partial charge in [0.2, 0.25) is 5.91 Å². The molecule has 0 unspecified atom stereocenters. The standard InChI is InChI=1S/C22H26ClNO4/c1-26-19-8-3-16(20(14-19)27-2)13-21(25)24-15-22(9-11-28-12-10-22)17-4-6-18(23)7-5-17/h3-8,14H,9-13,15H2,1-2H3,(H,24,25). The molecule has 0 aliphatic carbocycles. The first kappa shape index (κ1) is 20.5. The molecule has 0 aromatic heterocycles. The van der Waals surface area contributed by atoms with Crippen molar-refractivity contribution in [2.45, 2.75) is 24.7 Å². The predicted octanol–water partition coefficient (Wildman–Crippen LogP) is 3.76. The van der Waals surface area contributed by atoms with Crippen LogP contribution in [0.15, 0.2) is 42.5 Å². The van der Waals surface area contributed by atoms with Gasteiger partial charge in [-0.05, 0) is 36.6 Å². The first-order chi connectivity index (χ1) is 13.6. The summed E-state index contributed by atoms with van der Waals surface area (Å²) in [6, 6.07) is 13.4. The van der Waals surface area contributed by atoms with Gasteiger partial charge in [0.25, 0.3) is 0 Å². The normalized spacial score (nSPS) is 15.7. The topological polar surface area (TPSA) is 56.8 Å². The zero-order chi connectivity index (χ0) is 20.0. The number of carbonyl (C=O) groups is 1. The first-order valence-electron chi connectivity index (χ1n) is 9.38. The molecule has 2 aromatic rings. The van der Waals surface area contributed by atoms with E-state index in [1.54, 1.807) is 20.3 Å². The van der Waals surface area contributed by atoms with Crippen molar-refractivity contribution in [3.8, 4) is 11.5 Å². The van der Waals surface area contributed by atoms with E-state index in [1.807, 2.05) is 36.4 Å². The lowest BCUT2D eigenvalue weighted by Crippen LogP contribution is -2.45. The lowest BCUT2D eigenvalue weighted by atomic mass is 9.74. The number of hydrogen-bond acceptors (Lipinski definition) is 4. The van der Waals surface area contributed by atoms with Gasteiger partial charge in [0.15, 0.2) is 0 Å². The molecule has 150 valence electrons. The summed E-state index contributed by atoms with van der Waals surface area (Å²) in [7, 11) is 3.19. The molecule has 1 heterocycles. The van der Waals surface area contributed by atoms with Crippen LogP contribution in [0.1, 0.15) is 24.0 Å². The van der Waals surface area contributed by atoms with Crippen LogP contribution in [0.3, 0.4) is 0 Å². The van der Waals surface area contributed by atoms with Gasteiger partial charge in [-0.25, -0.2) is 0 Å². The second-order valence-corrected chi connectivity index (χ2v) is 7.47. The Morgan fingerprint density at radius 1 is 1.11 bits per heavy atom. The molecule has 5 nitrogen and oxygen atoms in total. The molecular weight excluding hydrogens is 378 g/mol. The summed E-state index contributed by atoms with van der Waals surface area (Å²) in [5.41, 5.74) is 1.87. The maximum absolute atomic E-state index is 12.7. The summed E-state index contributed by atoms with van der Waals surface area (Å²) in [6.07, 6.45) is 1.97. The quantitative estimate of drug-likeness (QED) is 0.764. The molecule has 0 bridgehead atoms. The molecule has 0 spiro atoms. The fourth-order valence-corrected chi connectivity index (χ4v) is 3.76. The van der Waals surface area contributed by atoms with Gasteiger partial charge in [0, 0.05) is 41.8 Å². The highest BCUT2D eigenvalue weighted by Crippen LogP contribution is 2.35. The van der Waals surface area contributed by atoms with Gasteiger partial charge in [0.05, 0.1) is 20.6 Å². The molecule has 1 aliphatic heterocycles. The van der Waals surface area contributed by atoms with Crippen LogP contribution in [0.25, 0.3) is 0 Å². The Hall–Kier alpha value is -2.24. The maximum atomic E-state index is 12.7. The molecule has 1 N–H and O–H groups in total. The van der Waals surface area contributed by atoms with Crippen molar-refractivity contribution in [1.82, 2.24) is 5.32 Å². The molecule has 1 aliphatic rings. The third-order valence-electron chi connectivity index (χ3n) is 5.38. The fourth-order valence-electron chi connectivity index (χ4n) is 3.63. The summed E-state index contributed by atoms with van der Waals surface area (Å²) in [5.74, 6) is 1.31. The van der Waals surface area contributed by atoms with Crippen molar-refractivity contribution in [2.75, 3.05) is 34.0 Å². The molecular formula is C22H26ClNO4. The minimum Gasteiger partial charge on any atom is -0.497 e. The van der Waals surface area contributed by atoms with Crippen LogP contribution in [0.5, 0.6) is 11.5 Å². The minimum atomic E-state index is -0.136. The van der Waals surface area contributed by atoms with Crippen molar-refractivity contribution in [1.29, 1.82) is 0 Å². The SMILES string of the molecule is COc1ccc(CC(=O)NCC2(c3ccc(Cl)cc3)CCOCC2)c(OC)c1. The van der Waals surface area contributed by atoms with Crippen LogP contribution in [-0.2, 0) is 21.4 Å². The number of ether oxygens (including phenoxy) is 3. The Balaban J connectivity index is 1.70. The number of amides is 1.